The van der Waals surface area contributed by atoms with Crippen molar-refractivity contribution in [2.75, 3.05) is 33.7 Å². The first-order valence-corrected chi connectivity index (χ1v) is 7.07. The van der Waals surface area contributed by atoms with Crippen LogP contribution >= 0.6 is 0 Å². The quantitative estimate of drug-likeness (QED) is 0.897. The summed E-state index contributed by atoms with van der Waals surface area (Å²) in [5.74, 6) is -1.10. The number of hydrogen-bond donors (Lipinski definition) is 1. The molecule has 0 bridgehead atoms. The van der Waals surface area contributed by atoms with E-state index in [1.165, 1.54) is 18.6 Å². The van der Waals surface area contributed by atoms with Gasteiger partial charge in [-0.1, -0.05) is 0 Å². The van der Waals surface area contributed by atoms with E-state index in [0.717, 1.165) is 25.6 Å². The Balaban J connectivity index is 2.10. The van der Waals surface area contributed by atoms with E-state index in [1.807, 2.05) is 7.05 Å². The highest BCUT2D eigenvalue weighted by molar-refractivity contribution is 5.22. The Morgan fingerprint density at radius 3 is 2.50 bits per heavy atom. The van der Waals surface area contributed by atoms with E-state index in [-0.39, 0.29) is 6.04 Å². The van der Waals surface area contributed by atoms with Gasteiger partial charge in [0.2, 0.25) is 0 Å². The number of nitrogens with zero attached hydrogens (tertiary/aromatic N) is 2. The minimum atomic E-state index is -0.551. The zero-order chi connectivity index (χ0) is 14.7. The number of hydrogen-bond acceptors (Lipinski definition) is 3. The molecule has 0 spiro atoms. The lowest BCUT2D eigenvalue weighted by molar-refractivity contribution is 0.179. The Kier molecular flexibility index (Phi) is 5.07. The summed E-state index contributed by atoms with van der Waals surface area (Å²) in [5, 5.41) is 0. The molecule has 2 atom stereocenters. The minimum Gasteiger partial charge on any atom is -0.329 e. The van der Waals surface area contributed by atoms with Crippen molar-refractivity contribution in [3.8, 4) is 0 Å². The Morgan fingerprint density at radius 2 is 2.00 bits per heavy atom. The summed E-state index contributed by atoms with van der Waals surface area (Å²) < 4.78 is 26.7. The van der Waals surface area contributed by atoms with E-state index in [2.05, 4.69) is 16.8 Å². The molecule has 2 N–H and O–H groups in total. The van der Waals surface area contributed by atoms with Crippen molar-refractivity contribution in [2.45, 2.75) is 24.9 Å². The molecule has 20 heavy (non-hydrogen) atoms. The Morgan fingerprint density at radius 1 is 1.35 bits per heavy atom. The second-order valence-corrected chi connectivity index (χ2v) is 5.67. The van der Waals surface area contributed by atoms with Gasteiger partial charge in [-0.2, -0.15) is 0 Å². The Hall–Kier alpha value is -1.04. The van der Waals surface area contributed by atoms with Crippen LogP contribution in [0.5, 0.6) is 0 Å². The highest BCUT2D eigenvalue weighted by Gasteiger charge is 2.25. The first-order chi connectivity index (χ1) is 9.51. The van der Waals surface area contributed by atoms with Gasteiger partial charge in [-0.3, -0.25) is 4.90 Å². The molecule has 1 aromatic rings. The zero-order valence-electron chi connectivity index (χ0n) is 12.1. The van der Waals surface area contributed by atoms with Gasteiger partial charge in [0.05, 0.1) is 0 Å². The molecule has 2 unspecified atom stereocenters. The summed E-state index contributed by atoms with van der Waals surface area (Å²) in [5.41, 5.74) is 6.42. The molecule has 5 heteroatoms. The SMILES string of the molecule is CN1CCCC1CN(C)C(CN)c1cc(F)cc(F)c1. The third-order valence-electron chi connectivity index (χ3n) is 4.20. The fourth-order valence-electron chi connectivity index (χ4n) is 3.01. The lowest BCUT2D eigenvalue weighted by atomic mass is 10.0. The van der Waals surface area contributed by atoms with E-state index in [1.54, 1.807) is 0 Å². The number of benzene rings is 1. The van der Waals surface area contributed by atoms with Crippen LogP contribution in [0, 0.1) is 11.6 Å². The molecule has 1 heterocycles. The van der Waals surface area contributed by atoms with Crippen LogP contribution in [0.4, 0.5) is 8.78 Å². The predicted octanol–water partition coefficient (Wildman–Crippen LogP) is 1.99. The van der Waals surface area contributed by atoms with Crippen molar-refractivity contribution in [1.29, 1.82) is 0 Å². The maximum absolute atomic E-state index is 13.3. The first kappa shape index (κ1) is 15.4. The highest BCUT2D eigenvalue weighted by Crippen LogP contribution is 2.23. The standard InChI is InChI=1S/C15H23F2N3/c1-19-5-3-4-14(19)10-20(2)15(9-18)11-6-12(16)8-13(17)7-11/h6-8,14-15H,3-5,9-10,18H2,1-2H3. The van der Waals surface area contributed by atoms with Gasteiger partial charge < -0.3 is 10.6 Å². The van der Waals surface area contributed by atoms with Crippen LogP contribution in [-0.4, -0.2) is 49.6 Å². The van der Waals surface area contributed by atoms with Gasteiger partial charge in [0.25, 0.3) is 0 Å². The monoisotopic (exact) mass is 283 g/mol. The van der Waals surface area contributed by atoms with Crippen molar-refractivity contribution in [1.82, 2.24) is 9.80 Å². The van der Waals surface area contributed by atoms with Crippen molar-refractivity contribution in [3.63, 3.8) is 0 Å². The second kappa shape index (κ2) is 6.61. The van der Waals surface area contributed by atoms with E-state index in [9.17, 15) is 8.78 Å². The summed E-state index contributed by atoms with van der Waals surface area (Å²) in [6.45, 7) is 2.31. The van der Waals surface area contributed by atoms with Crippen molar-refractivity contribution in [3.05, 3.63) is 35.4 Å². The fourth-order valence-corrected chi connectivity index (χ4v) is 3.01. The largest absolute Gasteiger partial charge is 0.329 e. The summed E-state index contributed by atoms with van der Waals surface area (Å²) in [6.07, 6.45) is 2.37. The summed E-state index contributed by atoms with van der Waals surface area (Å²) >= 11 is 0. The molecule has 0 amide bonds. The third-order valence-corrected chi connectivity index (χ3v) is 4.20. The third kappa shape index (κ3) is 3.53. The molecule has 1 aliphatic rings. The predicted molar refractivity (Wildman–Crippen MR) is 76.4 cm³/mol. The van der Waals surface area contributed by atoms with Crippen LogP contribution in [-0.2, 0) is 0 Å². The average Bonchev–Trinajstić information content (AvgIpc) is 2.74. The molecule has 0 saturated carbocycles. The number of likely N-dealkylation sites (N-methyl/N-ethyl adjacent to an activating group) is 2. The van der Waals surface area contributed by atoms with Crippen LogP contribution in [0.2, 0.25) is 0 Å². The summed E-state index contributed by atoms with van der Waals surface area (Å²) in [4.78, 5) is 4.43. The maximum atomic E-state index is 13.3. The van der Waals surface area contributed by atoms with Gasteiger partial charge in [0, 0.05) is 31.2 Å². The lowest BCUT2D eigenvalue weighted by Crippen LogP contribution is -2.40. The lowest BCUT2D eigenvalue weighted by Gasteiger charge is -2.32. The second-order valence-electron chi connectivity index (χ2n) is 5.67. The number of nitrogens with two attached hydrogens (primary N) is 1. The Labute approximate surface area is 119 Å². The van der Waals surface area contributed by atoms with Gasteiger partial charge in [-0.05, 0) is 51.2 Å². The molecule has 3 nitrogen and oxygen atoms in total. The van der Waals surface area contributed by atoms with Crippen LogP contribution in [0.25, 0.3) is 0 Å². The first-order valence-electron chi connectivity index (χ1n) is 7.07. The zero-order valence-corrected chi connectivity index (χ0v) is 12.1. The van der Waals surface area contributed by atoms with Gasteiger partial charge in [-0.15, -0.1) is 0 Å². The molecule has 0 radical (unpaired) electrons. The molecular formula is C15H23F2N3. The number of halogens is 2. The van der Waals surface area contributed by atoms with Crippen molar-refractivity contribution in [2.24, 2.45) is 5.73 Å². The number of rotatable bonds is 5. The topological polar surface area (TPSA) is 32.5 Å². The molecule has 1 aliphatic heterocycles. The molecular weight excluding hydrogens is 260 g/mol. The summed E-state index contributed by atoms with van der Waals surface area (Å²) in [6, 6.07) is 3.97. The Bertz CT molecular complexity index is 432. The summed E-state index contributed by atoms with van der Waals surface area (Å²) in [7, 11) is 4.08. The van der Waals surface area contributed by atoms with E-state index >= 15 is 0 Å². The van der Waals surface area contributed by atoms with Gasteiger partial charge >= 0.3 is 0 Å². The van der Waals surface area contributed by atoms with Crippen LogP contribution < -0.4 is 5.73 Å². The molecule has 2 rings (SSSR count). The fraction of sp³-hybridized carbons (Fsp3) is 0.600. The molecule has 0 aliphatic carbocycles. The van der Waals surface area contributed by atoms with Crippen LogP contribution in [0.1, 0.15) is 24.4 Å². The van der Waals surface area contributed by atoms with Crippen molar-refractivity contribution >= 4 is 0 Å². The number of likely N-dealkylation sites (tertiary alicyclic amines) is 1. The molecule has 112 valence electrons. The molecule has 1 aromatic carbocycles. The van der Waals surface area contributed by atoms with Crippen LogP contribution in [0.3, 0.4) is 0 Å². The van der Waals surface area contributed by atoms with Gasteiger partial charge in [0.15, 0.2) is 0 Å². The van der Waals surface area contributed by atoms with E-state index < -0.39 is 11.6 Å². The normalized spacial score (nSPS) is 21.6. The minimum absolute atomic E-state index is 0.158. The van der Waals surface area contributed by atoms with E-state index in [4.69, 9.17) is 5.73 Å². The van der Waals surface area contributed by atoms with Gasteiger partial charge in [0.1, 0.15) is 11.6 Å². The molecule has 1 saturated heterocycles. The van der Waals surface area contributed by atoms with Crippen LogP contribution in [0.15, 0.2) is 18.2 Å². The average molecular weight is 283 g/mol. The highest BCUT2D eigenvalue weighted by atomic mass is 19.1. The van der Waals surface area contributed by atoms with Crippen molar-refractivity contribution < 1.29 is 8.78 Å². The maximum Gasteiger partial charge on any atom is 0.126 e. The molecule has 1 fully saturated rings. The molecule has 0 aromatic heterocycles. The van der Waals surface area contributed by atoms with E-state index in [0.29, 0.717) is 18.2 Å². The smallest absolute Gasteiger partial charge is 0.126 e. The van der Waals surface area contributed by atoms with Gasteiger partial charge in [-0.25, -0.2) is 8.78 Å².